The molecule has 0 aliphatic heterocycles. The van der Waals surface area contributed by atoms with Crippen molar-refractivity contribution in [2.24, 2.45) is 0 Å². The minimum atomic E-state index is 0.761. The van der Waals surface area contributed by atoms with Gasteiger partial charge in [0.1, 0.15) is 0 Å². The molecular weight excluding hydrogens is 198 g/mol. The van der Waals surface area contributed by atoms with Crippen molar-refractivity contribution >= 4 is 6.08 Å². The van der Waals surface area contributed by atoms with Gasteiger partial charge in [0, 0.05) is 20.2 Å². The highest BCUT2D eigenvalue weighted by atomic mass is 16.5. The summed E-state index contributed by atoms with van der Waals surface area (Å²) < 4.78 is 4.95. The van der Waals surface area contributed by atoms with Gasteiger partial charge in [0.25, 0.3) is 0 Å². The smallest absolute Gasteiger partial charge is 0.0587 e. The summed E-state index contributed by atoms with van der Waals surface area (Å²) in [6, 6.07) is 6.51. The van der Waals surface area contributed by atoms with E-state index in [1.54, 1.807) is 7.11 Å². The normalized spacial score (nSPS) is 11.2. The van der Waals surface area contributed by atoms with Crippen LogP contribution in [0, 0.1) is 13.8 Å². The van der Waals surface area contributed by atoms with Crippen LogP contribution in [0.2, 0.25) is 0 Å². The summed E-state index contributed by atoms with van der Waals surface area (Å²) in [6.45, 7) is 6.81. The summed E-state index contributed by atoms with van der Waals surface area (Å²) in [5.74, 6) is 0. The van der Waals surface area contributed by atoms with Crippen molar-refractivity contribution in [1.82, 2.24) is 5.32 Å². The summed E-state index contributed by atoms with van der Waals surface area (Å²) >= 11 is 0. The second-order valence-corrected chi connectivity index (χ2v) is 3.96. The van der Waals surface area contributed by atoms with E-state index in [-0.39, 0.29) is 0 Å². The number of ether oxygens (including phenoxy) is 1. The van der Waals surface area contributed by atoms with E-state index in [1.165, 1.54) is 16.7 Å². The standard InChI is InChI=1S/C14H21NO/c1-12-6-7-14(13(2)11-12)5-4-8-15-9-10-16-3/h4-7,11,15H,8-10H2,1-3H3. The first-order valence-corrected chi connectivity index (χ1v) is 5.67. The highest BCUT2D eigenvalue weighted by molar-refractivity contribution is 5.54. The van der Waals surface area contributed by atoms with Crippen LogP contribution in [0.25, 0.3) is 6.08 Å². The maximum Gasteiger partial charge on any atom is 0.0587 e. The average molecular weight is 219 g/mol. The van der Waals surface area contributed by atoms with Gasteiger partial charge in [-0.05, 0) is 25.0 Å². The second kappa shape index (κ2) is 7.20. The molecule has 1 aromatic carbocycles. The first-order valence-electron chi connectivity index (χ1n) is 5.67. The number of benzene rings is 1. The van der Waals surface area contributed by atoms with E-state index in [0.29, 0.717) is 0 Å². The third-order valence-corrected chi connectivity index (χ3v) is 2.47. The van der Waals surface area contributed by atoms with Crippen LogP contribution in [0.5, 0.6) is 0 Å². The molecule has 1 aromatic rings. The molecular formula is C14H21NO. The molecule has 88 valence electrons. The van der Waals surface area contributed by atoms with Gasteiger partial charge in [-0.2, -0.15) is 0 Å². The summed E-state index contributed by atoms with van der Waals surface area (Å²) in [7, 11) is 1.72. The quantitative estimate of drug-likeness (QED) is 0.742. The molecule has 0 saturated carbocycles. The zero-order valence-corrected chi connectivity index (χ0v) is 10.4. The van der Waals surface area contributed by atoms with Crippen LogP contribution >= 0.6 is 0 Å². The van der Waals surface area contributed by atoms with Gasteiger partial charge in [-0.3, -0.25) is 0 Å². The lowest BCUT2D eigenvalue weighted by atomic mass is 10.1. The molecule has 0 amide bonds. The van der Waals surface area contributed by atoms with Gasteiger partial charge in [-0.1, -0.05) is 35.9 Å². The fraction of sp³-hybridized carbons (Fsp3) is 0.429. The molecule has 16 heavy (non-hydrogen) atoms. The molecule has 1 rings (SSSR count). The number of nitrogens with one attached hydrogen (secondary N) is 1. The molecule has 0 aromatic heterocycles. The molecule has 2 heteroatoms. The van der Waals surface area contributed by atoms with Gasteiger partial charge >= 0.3 is 0 Å². The molecule has 0 unspecified atom stereocenters. The Kier molecular flexibility index (Phi) is 5.83. The third-order valence-electron chi connectivity index (χ3n) is 2.47. The Morgan fingerprint density at radius 3 is 2.81 bits per heavy atom. The Balaban J connectivity index is 2.38. The Morgan fingerprint density at radius 1 is 1.31 bits per heavy atom. The van der Waals surface area contributed by atoms with Crippen molar-refractivity contribution in [2.75, 3.05) is 26.8 Å². The van der Waals surface area contributed by atoms with E-state index in [9.17, 15) is 0 Å². The lowest BCUT2D eigenvalue weighted by Crippen LogP contribution is -2.18. The van der Waals surface area contributed by atoms with Crippen molar-refractivity contribution in [2.45, 2.75) is 13.8 Å². The van der Waals surface area contributed by atoms with Crippen molar-refractivity contribution in [3.8, 4) is 0 Å². The molecule has 0 radical (unpaired) electrons. The zero-order valence-electron chi connectivity index (χ0n) is 10.4. The van der Waals surface area contributed by atoms with Gasteiger partial charge in [-0.25, -0.2) is 0 Å². The largest absolute Gasteiger partial charge is 0.383 e. The minimum absolute atomic E-state index is 0.761. The van der Waals surface area contributed by atoms with Crippen LogP contribution in [-0.4, -0.2) is 26.8 Å². The van der Waals surface area contributed by atoms with Crippen LogP contribution in [0.15, 0.2) is 24.3 Å². The van der Waals surface area contributed by atoms with Crippen molar-refractivity contribution in [3.05, 3.63) is 41.0 Å². The van der Waals surface area contributed by atoms with E-state index < -0.39 is 0 Å². The van der Waals surface area contributed by atoms with Crippen LogP contribution < -0.4 is 5.32 Å². The van der Waals surface area contributed by atoms with Crippen LogP contribution in [0.1, 0.15) is 16.7 Å². The Hall–Kier alpha value is -1.12. The Labute approximate surface area is 98.3 Å². The van der Waals surface area contributed by atoms with Crippen LogP contribution in [0.3, 0.4) is 0 Å². The summed E-state index contributed by atoms with van der Waals surface area (Å²) in [5, 5.41) is 3.28. The van der Waals surface area contributed by atoms with E-state index in [0.717, 1.165) is 19.7 Å². The third kappa shape index (κ3) is 4.60. The Bertz CT molecular complexity index is 345. The Morgan fingerprint density at radius 2 is 2.12 bits per heavy atom. The summed E-state index contributed by atoms with van der Waals surface area (Å²) in [6.07, 6.45) is 4.31. The zero-order chi connectivity index (χ0) is 11.8. The van der Waals surface area contributed by atoms with E-state index in [2.05, 4.69) is 49.5 Å². The molecule has 0 saturated heterocycles. The first-order chi connectivity index (χ1) is 7.74. The second-order valence-electron chi connectivity index (χ2n) is 3.96. The predicted molar refractivity (Wildman–Crippen MR) is 69.7 cm³/mol. The van der Waals surface area contributed by atoms with Crippen molar-refractivity contribution < 1.29 is 4.74 Å². The fourth-order valence-electron chi connectivity index (χ4n) is 1.56. The summed E-state index contributed by atoms with van der Waals surface area (Å²) in [4.78, 5) is 0. The predicted octanol–water partition coefficient (Wildman–Crippen LogP) is 2.55. The van der Waals surface area contributed by atoms with Crippen LogP contribution in [0.4, 0.5) is 0 Å². The van der Waals surface area contributed by atoms with Gasteiger partial charge < -0.3 is 10.1 Å². The van der Waals surface area contributed by atoms with Crippen LogP contribution in [-0.2, 0) is 4.74 Å². The molecule has 0 spiro atoms. The number of hydrogen-bond donors (Lipinski definition) is 1. The molecule has 0 aliphatic carbocycles. The minimum Gasteiger partial charge on any atom is -0.383 e. The first kappa shape index (κ1) is 12.9. The lowest BCUT2D eigenvalue weighted by molar-refractivity contribution is 0.200. The number of methoxy groups -OCH3 is 1. The molecule has 0 bridgehead atoms. The number of rotatable bonds is 6. The molecule has 0 atom stereocenters. The van der Waals surface area contributed by atoms with Crippen molar-refractivity contribution in [1.29, 1.82) is 0 Å². The average Bonchev–Trinajstić information content (AvgIpc) is 2.26. The number of hydrogen-bond acceptors (Lipinski definition) is 2. The molecule has 0 heterocycles. The monoisotopic (exact) mass is 219 g/mol. The van der Waals surface area contributed by atoms with Gasteiger partial charge in [-0.15, -0.1) is 0 Å². The lowest BCUT2D eigenvalue weighted by Gasteiger charge is -2.02. The number of aryl methyl sites for hydroxylation is 2. The van der Waals surface area contributed by atoms with E-state index in [1.807, 2.05) is 0 Å². The maximum absolute atomic E-state index is 4.95. The maximum atomic E-state index is 4.95. The van der Waals surface area contributed by atoms with Gasteiger partial charge in [0.2, 0.25) is 0 Å². The topological polar surface area (TPSA) is 21.3 Å². The molecule has 1 N–H and O–H groups in total. The van der Waals surface area contributed by atoms with E-state index in [4.69, 9.17) is 4.74 Å². The summed E-state index contributed by atoms with van der Waals surface area (Å²) in [5.41, 5.74) is 3.93. The fourth-order valence-corrected chi connectivity index (χ4v) is 1.56. The van der Waals surface area contributed by atoms with Gasteiger partial charge in [0.15, 0.2) is 0 Å². The highest BCUT2D eigenvalue weighted by Gasteiger charge is 1.93. The van der Waals surface area contributed by atoms with Gasteiger partial charge in [0.05, 0.1) is 6.61 Å². The highest BCUT2D eigenvalue weighted by Crippen LogP contribution is 2.11. The van der Waals surface area contributed by atoms with Crippen molar-refractivity contribution in [3.63, 3.8) is 0 Å². The molecule has 2 nitrogen and oxygen atoms in total. The molecule has 0 aliphatic rings. The SMILES string of the molecule is COCCNCC=Cc1ccc(C)cc1C. The van der Waals surface area contributed by atoms with E-state index >= 15 is 0 Å². The molecule has 0 fully saturated rings.